The minimum atomic E-state index is 0.940. The highest BCUT2D eigenvalue weighted by Crippen LogP contribution is 2.29. The number of nitrogens with one attached hydrogen (secondary N) is 1. The number of aromatic nitrogens is 1. The van der Waals surface area contributed by atoms with Crippen LogP contribution in [-0.2, 0) is 6.54 Å². The molecular weight excluding hydrogens is 252 g/mol. The summed E-state index contributed by atoms with van der Waals surface area (Å²) in [6.07, 6.45) is 2.48. The van der Waals surface area contributed by atoms with Gasteiger partial charge in [-0.15, -0.1) is 11.3 Å². The Hall–Kier alpha value is -1.19. The van der Waals surface area contributed by atoms with E-state index in [1.54, 1.807) is 0 Å². The van der Waals surface area contributed by atoms with Crippen LogP contribution in [0.25, 0.3) is 10.6 Å². The zero-order valence-corrected chi connectivity index (χ0v) is 12.8. The Morgan fingerprint density at radius 3 is 2.74 bits per heavy atom. The Balaban J connectivity index is 2.10. The summed E-state index contributed by atoms with van der Waals surface area (Å²) in [6, 6.07) is 8.46. The Labute approximate surface area is 119 Å². The topological polar surface area (TPSA) is 24.9 Å². The third-order valence-electron chi connectivity index (χ3n) is 3.26. The molecule has 1 aromatic carbocycles. The number of rotatable bonds is 6. The molecule has 0 unspecified atom stereocenters. The molecule has 0 aliphatic carbocycles. The van der Waals surface area contributed by atoms with E-state index >= 15 is 0 Å². The predicted octanol–water partition coefficient (Wildman–Crippen LogP) is 4.32. The van der Waals surface area contributed by atoms with Crippen molar-refractivity contribution < 1.29 is 0 Å². The fourth-order valence-corrected chi connectivity index (χ4v) is 3.15. The number of hydrogen-bond donors (Lipinski definition) is 1. The van der Waals surface area contributed by atoms with Gasteiger partial charge in [0.05, 0.1) is 5.69 Å². The summed E-state index contributed by atoms with van der Waals surface area (Å²) in [6.45, 7) is 8.50. The highest BCUT2D eigenvalue weighted by atomic mass is 32.1. The van der Waals surface area contributed by atoms with Crippen LogP contribution in [-0.4, -0.2) is 11.5 Å². The van der Waals surface area contributed by atoms with E-state index in [1.807, 2.05) is 11.3 Å². The van der Waals surface area contributed by atoms with Gasteiger partial charge in [0.2, 0.25) is 0 Å². The van der Waals surface area contributed by atoms with Gasteiger partial charge in [-0.2, -0.15) is 0 Å². The SMILES string of the molecule is CCCCNCc1sc(-c2ccccc2C)nc1C. The van der Waals surface area contributed by atoms with Gasteiger partial charge >= 0.3 is 0 Å². The molecule has 0 saturated carbocycles. The van der Waals surface area contributed by atoms with Crippen molar-refractivity contribution in [3.05, 3.63) is 40.4 Å². The molecule has 2 aromatic rings. The Morgan fingerprint density at radius 2 is 2.00 bits per heavy atom. The van der Waals surface area contributed by atoms with E-state index in [-0.39, 0.29) is 0 Å². The molecule has 19 heavy (non-hydrogen) atoms. The van der Waals surface area contributed by atoms with Gasteiger partial charge < -0.3 is 5.32 Å². The van der Waals surface area contributed by atoms with E-state index in [0.29, 0.717) is 0 Å². The third-order valence-corrected chi connectivity index (χ3v) is 4.45. The second-order valence-electron chi connectivity index (χ2n) is 4.87. The molecule has 0 radical (unpaired) electrons. The second-order valence-corrected chi connectivity index (χ2v) is 5.96. The first kappa shape index (κ1) is 14.2. The number of unbranched alkanes of at least 4 members (excludes halogenated alkanes) is 1. The van der Waals surface area contributed by atoms with Crippen LogP contribution in [0.2, 0.25) is 0 Å². The first-order valence-electron chi connectivity index (χ1n) is 6.95. The Bertz CT molecular complexity index is 531. The molecule has 0 aliphatic heterocycles. The minimum Gasteiger partial charge on any atom is -0.312 e. The highest BCUT2D eigenvalue weighted by molar-refractivity contribution is 7.15. The lowest BCUT2D eigenvalue weighted by atomic mass is 10.1. The smallest absolute Gasteiger partial charge is 0.124 e. The average molecular weight is 274 g/mol. The van der Waals surface area contributed by atoms with Crippen LogP contribution in [0.4, 0.5) is 0 Å². The van der Waals surface area contributed by atoms with Crippen molar-refractivity contribution in [1.82, 2.24) is 10.3 Å². The molecule has 0 saturated heterocycles. The third kappa shape index (κ3) is 3.64. The van der Waals surface area contributed by atoms with Crippen LogP contribution in [0.15, 0.2) is 24.3 Å². The maximum atomic E-state index is 4.72. The molecule has 102 valence electrons. The van der Waals surface area contributed by atoms with Gasteiger partial charge in [-0.05, 0) is 32.4 Å². The average Bonchev–Trinajstić information content (AvgIpc) is 2.77. The quantitative estimate of drug-likeness (QED) is 0.794. The molecule has 0 atom stereocenters. The van der Waals surface area contributed by atoms with Crippen molar-refractivity contribution in [3.63, 3.8) is 0 Å². The molecule has 0 bridgehead atoms. The Morgan fingerprint density at radius 1 is 1.21 bits per heavy atom. The minimum absolute atomic E-state index is 0.940. The van der Waals surface area contributed by atoms with Crippen LogP contribution in [0.5, 0.6) is 0 Å². The number of aryl methyl sites for hydroxylation is 2. The first-order chi connectivity index (χ1) is 9.22. The summed E-state index contributed by atoms with van der Waals surface area (Å²) < 4.78 is 0. The molecule has 0 aliphatic rings. The molecule has 1 aromatic heterocycles. The van der Waals surface area contributed by atoms with E-state index in [2.05, 4.69) is 50.4 Å². The van der Waals surface area contributed by atoms with Crippen molar-refractivity contribution in [2.45, 2.75) is 40.2 Å². The van der Waals surface area contributed by atoms with Crippen molar-refractivity contribution >= 4 is 11.3 Å². The van der Waals surface area contributed by atoms with E-state index in [4.69, 9.17) is 4.98 Å². The summed E-state index contributed by atoms with van der Waals surface area (Å²) in [5.74, 6) is 0. The van der Waals surface area contributed by atoms with E-state index in [0.717, 1.165) is 23.8 Å². The maximum absolute atomic E-state index is 4.72. The largest absolute Gasteiger partial charge is 0.312 e. The molecule has 1 N–H and O–H groups in total. The number of hydrogen-bond acceptors (Lipinski definition) is 3. The van der Waals surface area contributed by atoms with Gasteiger partial charge in [-0.25, -0.2) is 4.98 Å². The van der Waals surface area contributed by atoms with Gasteiger partial charge in [-0.3, -0.25) is 0 Å². The van der Waals surface area contributed by atoms with E-state index in [1.165, 1.54) is 28.8 Å². The molecule has 3 heteroatoms. The number of thiazole rings is 1. The monoisotopic (exact) mass is 274 g/mol. The summed E-state index contributed by atoms with van der Waals surface area (Å²) in [5.41, 5.74) is 3.71. The van der Waals surface area contributed by atoms with Crippen LogP contribution in [0.1, 0.15) is 35.9 Å². The molecular formula is C16H22N2S. The van der Waals surface area contributed by atoms with E-state index in [9.17, 15) is 0 Å². The van der Waals surface area contributed by atoms with Crippen molar-refractivity contribution in [1.29, 1.82) is 0 Å². The Kier molecular flexibility index (Phi) is 5.11. The van der Waals surface area contributed by atoms with Crippen molar-refractivity contribution in [2.24, 2.45) is 0 Å². The standard InChI is InChI=1S/C16H22N2S/c1-4-5-10-17-11-15-13(3)18-16(19-15)14-9-7-6-8-12(14)2/h6-9,17H,4-5,10-11H2,1-3H3. The number of nitrogens with zero attached hydrogens (tertiary/aromatic N) is 1. The lowest BCUT2D eigenvalue weighted by Crippen LogP contribution is -2.14. The first-order valence-corrected chi connectivity index (χ1v) is 7.77. The lowest BCUT2D eigenvalue weighted by molar-refractivity contribution is 0.644. The fourth-order valence-electron chi connectivity index (χ4n) is 2.02. The molecule has 1 heterocycles. The summed E-state index contributed by atoms with van der Waals surface area (Å²) in [4.78, 5) is 6.08. The highest BCUT2D eigenvalue weighted by Gasteiger charge is 2.10. The van der Waals surface area contributed by atoms with Crippen LogP contribution >= 0.6 is 11.3 Å². The zero-order chi connectivity index (χ0) is 13.7. The van der Waals surface area contributed by atoms with Gasteiger partial charge in [0.1, 0.15) is 5.01 Å². The van der Waals surface area contributed by atoms with Gasteiger partial charge in [0.25, 0.3) is 0 Å². The zero-order valence-electron chi connectivity index (χ0n) is 12.0. The molecule has 0 spiro atoms. The normalized spacial score (nSPS) is 10.9. The van der Waals surface area contributed by atoms with Crippen LogP contribution < -0.4 is 5.32 Å². The van der Waals surface area contributed by atoms with Crippen LogP contribution in [0, 0.1) is 13.8 Å². The summed E-state index contributed by atoms with van der Waals surface area (Å²) in [5, 5.41) is 4.63. The maximum Gasteiger partial charge on any atom is 0.124 e. The van der Waals surface area contributed by atoms with Crippen LogP contribution in [0.3, 0.4) is 0 Å². The molecule has 2 rings (SSSR count). The molecule has 0 fully saturated rings. The van der Waals surface area contributed by atoms with Crippen molar-refractivity contribution in [2.75, 3.05) is 6.54 Å². The predicted molar refractivity (Wildman–Crippen MR) is 83.6 cm³/mol. The number of benzene rings is 1. The summed E-state index contributed by atoms with van der Waals surface area (Å²) >= 11 is 1.81. The lowest BCUT2D eigenvalue weighted by Gasteiger charge is -2.01. The van der Waals surface area contributed by atoms with Gasteiger partial charge in [-0.1, -0.05) is 37.6 Å². The molecule has 0 amide bonds. The van der Waals surface area contributed by atoms with Gasteiger partial charge in [0.15, 0.2) is 0 Å². The van der Waals surface area contributed by atoms with Gasteiger partial charge in [0, 0.05) is 17.0 Å². The second kappa shape index (κ2) is 6.83. The fraction of sp³-hybridized carbons (Fsp3) is 0.438. The molecule has 2 nitrogen and oxygen atoms in total. The van der Waals surface area contributed by atoms with Crippen molar-refractivity contribution in [3.8, 4) is 10.6 Å². The van der Waals surface area contributed by atoms with E-state index < -0.39 is 0 Å². The summed E-state index contributed by atoms with van der Waals surface area (Å²) in [7, 11) is 0.